The largest absolute Gasteiger partial charge is 0.370 e. The van der Waals surface area contributed by atoms with Gasteiger partial charge in [-0.1, -0.05) is 60.2 Å². The van der Waals surface area contributed by atoms with Gasteiger partial charge in [-0.05, 0) is 49.2 Å². The Labute approximate surface area is 148 Å². The van der Waals surface area contributed by atoms with Crippen molar-refractivity contribution in [2.24, 2.45) is 0 Å². The quantitative estimate of drug-likeness (QED) is 0.684. The molecule has 0 aliphatic rings. The van der Waals surface area contributed by atoms with E-state index in [1.165, 1.54) is 0 Å². The van der Waals surface area contributed by atoms with Gasteiger partial charge in [-0.3, -0.25) is 4.79 Å². The van der Waals surface area contributed by atoms with Crippen molar-refractivity contribution in [3.63, 3.8) is 0 Å². The topological polar surface area (TPSA) is 41.1 Å². The number of amides is 1. The molecule has 0 spiro atoms. The maximum absolute atomic E-state index is 12.9. The van der Waals surface area contributed by atoms with E-state index in [9.17, 15) is 4.79 Å². The van der Waals surface area contributed by atoms with E-state index >= 15 is 0 Å². The SMILES string of the molecule is Cc1ccc(NC(=O)[C@@H](Nc2cccc(C)c2)c2ccccc2)cc1. The summed E-state index contributed by atoms with van der Waals surface area (Å²) in [5.41, 5.74) is 4.95. The summed E-state index contributed by atoms with van der Waals surface area (Å²) in [5, 5.41) is 6.36. The molecule has 0 saturated heterocycles. The predicted molar refractivity (Wildman–Crippen MR) is 104 cm³/mol. The summed E-state index contributed by atoms with van der Waals surface area (Å²) in [5.74, 6) is -0.0865. The van der Waals surface area contributed by atoms with Crippen LogP contribution in [-0.2, 0) is 4.79 Å². The number of anilines is 2. The Morgan fingerprint density at radius 2 is 1.48 bits per heavy atom. The zero-order valence-electron chi connectivity index (χ0n) is 14.5. The number of rotatable bonds is 5. The molecule has 0 fully saturated rings. The van der Waals surface area contributed by atoms with Crippen molar-refractivity contribution >= 4 is 17.3 Å². The second-order valence-corrected chi connectivity index (χ2v) is 6.21. The Kier molecular flexibility index (Phi) is 5.14. The molecule has 3 aromatic carbocycles. The van der Waals surface area contributed by atoms with Crippen LogP contribution >= 0.6 is 0 Å². The van der Waals surface area contributed by atoms with E-state index in [0.29, 0.717) is 0 Å². The van der Waals surface area contributed by atoms with Crippen LogP contribution in [0.3, 0.4) is 0 Å². The smallest absolute Gasteiger partial charge is 0.251 e. The molecule has 1 atom stereocenters. The molecule has 0 saturated carbocycles. The second kappa shape index (κ2) is 7.67. The van der Waals surface area contributed by atoms with Crippen molar-refractivity contribution in [3.8, 4) is 0 Å². The molecule has 0 heterocycles. The summed E-state index contributed by atoms with van der Waals surface area (Å²) in [6.07, 6.45) is 0. The van der Waals surface area contributed by atoms with E-state index in [1.807, 2.05) is 92.7 Å². The Hall–Kier alpha value is -3.07. The minimum Gasteiger partial charge on any atom is -0.370 e. The summed E-state index contributed by atoms with van der Waals surface area (Å²) in [6.45, 7) is 4.06. The van der Waals surface area contributed by atoms with Crippen molar-refractivity contribution in [2.75, 3.05) is 10.6 Å². The fourth-order valence-corrected chi connectivity index (χ4v) is 2.70. The lowest BCUT2D eigenvalue weighted by Gasteiger charge is -2.20. The lowest BCUT2D eigenvalue weighted by molar-refractivity contribution is -0.117. The van der Waals surface area contributed by atoms with Crippen LogP contribution in [0.1, 0.15) is 22.7 Å². The van der Waals surface area contributed by atoms with Crippen molar-refractivity contribution in [3.05, 3.63) is 95.6 Å². The molecule has 1 amide bonds. The third-order valence-corrected chi connectivity index (χ3v) is 4.04. The van der Waals surface area contributed by atoms with E-state index in [1.54, 1.807) is 0 Å². The van der Waals surface area contributed by atoms with E-state index in [-0.39, 0.29) is 5.91 Å². The molecule has 0 aromatic heterocycles. The van der Waals surface area contributed by atoms with Gasteiger partial charge in [-0.15, -0.1) is 0 Å². The Morgan fingerprint density at radius 1 is 0.760 bits per heavy atom. The molecule has 0 aliphatic carbocycles. The van der Waals surface area contributed by atoms with Gasteiger partial charge in [0.25, 0.3) is 5.91 Å². The number of carbonyl (C=O) groups excluding carboxylic acids is 1. The number of hydrogen-bond donors (Lipinski definition) is 2. The highest BCUT2D eigenvalue weighted by Crippen LogP contribution is 2.22. The van der Waals surface area contributed by atoms with Crippen LogP contribution in [0.2, 0.25) is 0 Å². The number of carbonyl (C=O) groups is 1. The number of nitrogens with one attached hydrogen (secondary N) is 2. The minimum absolute atomic E-state index is 0.0865. The van der Waals surface area contributed by atoms with Crippen molar-refractivity contribution < 1.29 is 4.79 Å². The van der Waals surface area contributed by atoms with Gasteiger partial charge < -0.3 is 10.6 Å². The highest BCUT2D eigenvalue weighted by Gasteiger charge is 2.20. The fourth-order valence-electron chi connectivity index (χ4n) is 2.70. The molecule has 0 unspecified atom stereocenters. The van der Waals surface area contributed by atoms with Crippen LogP contribution in [-0.4, -0.2) is 5.91 Å². The van der Waals surface area contributed by atoms with Gasteiger partial charge in [0.15, 0.2) is 0 Å². The van der Waals surface area contributed by atoms with Gasteiger partial charge in [0, 0.05) is 11.4 Å². The average Bonchev–Trinajstić information content (AvgIpc) is 2.62. The highest BCUT2D eigenvalue weighted by atomic mass is 16.2. The lowest BCUT2D eigenvalue weighted by atomic mass is 10.0. The Bertz CT molecular complexity index is 841. The third kappa shape index (κ3) is 4.48. The van der Waals surface area contributed by atoms with Crippen molar-refractivity contribution in [2.45, 2.75) is 19.9 Å². The van der Waals surface area contributed by atoms with Crippen LogP contribution in [0.25, 0.3) is 0 Å². The molecular weight excluding hydrogens is 308 g/mol. The first-order valence-electron chi connectivity index (χ1n) is 8.37. The Morgan fingerprint density at radius 3 is 2.16 bits per heavy atom. The average molecular weight is 330 g/mol. The molecule has 0 bridgehead atoms. The van der Waals surface area contributed by atoms with E-state index in [0.717, 1.165) is 28.1 Å². The monoisotopic (exact) mass is 330 g/mol. The summed E-state index contributed by atoms with van der Waals surface area (Å²) < 4.78 is 0. The van der Waals surface area contributed by atoms with Crippen LogP contribution in [0.5, 0.6) is 0 Å². The molecule has 3 aromatic rings. The summed E-state index contributed by atoms with van der Waals surface area (Å²) in [7, 11) is 0. The zero-order chi connectivity index (χ0) is 17.6. The van der Waals surface area contributed by atoms with Gasteiger partial charge in [0.1, 0.15) is 6.04 Å². The minimum atomic E-state index is -0.468. The second-order valence-electron chi connectivity index (χ2n) is 6.21. The molecule has 25 heavy (non-hydrogen) atoms. The van der Waals surface area contributed by atoms with E-state index < -0.39 is 6.04 Å². The van der Waals surface area contributed by atoms with Gasteiger partial charge >= 0.3 is 0 Å². The Balaban J connectivity index is 1.85. The van der Waals surface area contributed by atoms with Gasteiger partial charge in [0.2, 0.25) is 0 Å². The first-order chi connectivity index (χ1) is 12.1. The maximum Gasteiger partial charge on any atom is 0.251 e. The van der Waals surface area contributed by atoms with E-state index in [4.69, 9.17) is 0 Å². The molecule has 0 radical (unpaired) electrons. The van der Waals surface area contributed by atoms with Crippen molar-refractivity contribution in [1.29, 1.82) is 0 Å². The number of aryl methyl sites for hydroxylation is 2. The van der Waals surface area contributed by atoms with Crippen molar-refractivity contribution in [1.82, 2.24) is 0 Å². The van der Waals surface area contributed by atoms with Gasteiger partial charge in [0.05, 0.1) is 0 Å². The van der Waals surface area contributed by atoms with Crippen LogP contribution in [0.15, 0.2) is 78.9 Å². The number of benzene rings is 3. The zero-order valence-corrected chi connectivity index (χ0v) is 14.5. The molecule has 126 valence electrons. The molecule has 3 rings (SSSR count). The molecule has 2 N–H and O–H groups in total. The van der Waals surface area contributed by atoms with E-state index in [2.05, 4.69) is 10.6 Å². The molecule has 3 nitrogen and oxygen atoms in total. The molecule has 3 heteroatoms. The predicted octanol–water partition coefficient (Wildman–Crippen LogP) is 5.10. The molecular formula is C22H22N2O. The standard InChI is InChI=1S/C22H22N2O/c1-16-11-13-19(14-12-16)24-22(25)21(18-8-4-3-5-9-18)23-20-10-6-7-17(2)15-20/h3-15,21,23H,1-2H3,(H,24,25)/t21-/m0/s1. The van der Waals surface area contributed by atoms with Crippen LogP contribution in [0.4, 0.5) is 11.4 Å². The molecule has 0 aliphatic heterocycles. The third-order valence-electron chi connectivity index (χ3n) is 4.04. The lowest BCUT2D eigenvalue weighted by Crippen LogP contribution is -2.27. The van der Waals surface area contributed by atoms with Crippen LogP contribution in [0, 0.1) is 13.8 Å². The summed E-state index contributed by atoms with van der Waals surface area (Å²) in [4.78, 5) is 12.9. The van der Waals surface area contributed by atoms with Gasteiger partial charge in [-0.25, -0.2) is 0 Å². The van der Waals surface area contributed by atoms with Crippen LogP contribution < -0.4 is 10.6 Å². The number of hydrogen-bond acceptors (Lipinski definition) is 2. The first kappa shape index (κ1) is 16.8. The van der Waals surface area contributed by atoms with Gasteiger partial charge in [-0.2, -0.15) is 0 Å². The summed E-state index contributed by atoms with van der Waals surface area (Å²) >= 11 is 0. The highest BCUT2D eigenvalue weighted by molar-refractivity contribution is 5.97. The first-order valence-corrected chi connectivity index (χ1v) is 8.37. The fraction of sp³-hybridized carbons (Fsp3) is 0.136. The normalized spacial score (nSPS) is 11.6. The summed E-state index contributed by atoms with van der Waals surface area (Å²) in [6, 6.07) is 25.1. The maximum atomic E-state index is 12.9.